The van der Waals surface area contributed by atoms with Crippen LogP contribution in [0.15, 0.2) is 24.3 Å². The summed E-state index contributed by atoms with van der Waals surface area (Å²) in [5, 5.41) is 0. The number of cyclic esters (lactones) is 1. The summed E-state index contributed by atoms with van der Waals surface area (Å²) in [5.74, 6) is -0.199. The molecule has 60 valence electrons. The average Bonchev–Trinajstić information content (AvgIpc) is 2.34. The monoisotopic (exact) mass is 192 g/mol. The summed E-state index contributed by atoms with van der Waals surface area (Å²) in [7, 11) is 0. The van der Waals surface area contributed by atoms with Gasteiger partial charge in [0, 0.05) is 22.1 Å². The topological polar surface area (TPSA) is 26.3 Å². The molecule has 0 aliphatic carbocycles. The van der Waals surface area contributed by atoms with E-state index >= 15 is 0 Å². The normalized spacial score (nSPS) is 13.3. The molecule has 0 atom stereocenters. The van der Waals surface area contributed by atoms with Crippen LogP contribution < -0.4 is 0 Å². The fourth-order valence-corrected chi connectivity index (χ4v) is 1.07. The Kier molecular flexibility index (Phi) is 2.30. The van der Waals surface area contributed by atoms with E-state index in [2.05, 4.69) is 0 Å². The van der Waals surface area contributed by atoms with Crippen LogP contribution in [0.5, 0.6) is 0 Å². The van der Waals surface area contributed by atoms with Gasteiger partial charge in [0.1, 0.15) is 6.61 Å². The van der Waals surface area contributed by atoms with Crippen LogP contribution in [0.4, 0.5) is 0 Å². The van der Waals surface area contributed by atoms with Crippen molar-refractivity contribution in [2.75, 3.05) is 0 Å². The van der Waals surface area contributed by atoms with Crippen LogP contribution >= 0.6 is 0 Å². The summed E-state index contributed by atoms with van der Waals surface area (Å²) in [6.07, 6.45) is 0. The first-order chi connectivity index (χ1) is 4.88. The fraction of sp³-hybridized carbons (Fsp3) is 0.125. The Balaban J connectivity index is 0.000000605. The number of esters is 1. The number of hydrogen-bond donors (Lipinski definition) is 0. The Morgan fingerprint density at radius 1 is 1.27 bits per heavy atom. The molecule has 0 spiro atoms. The van der Waals surface area contributed by atoms with Crippen molar-refractivity contribution in [3.63, 3.8) is 0 Å². The van der Waals surface area contributed by atoms with Gasteiger partial charge < -0.3 is 4.74 Å². The van der Waals surface area contributed by atoms with E-state index in [-0.39, 0.29) is 22.5 Å². The molecule has 2 nitrogen and oxygen atoms in total. The maximum atomic E-state index is 10.8. The molecule has 0 bridgehead atoms. The Morgan fingerprint density at radius 2 is 2.00 bits per heavy atom. The molecular formula is C8H6NiO2. The second-order valence-electron chi connectivity index (χ2n) is 2.23. The van der Waals surface area contributed by atoms with Gasteiger partial charge in [-0.2, -0.15) is 0 Å². The van der Waals surface area contributed by atoms with Crippen molar-refractivity contribution in [3.05, 3.63) is 35.4 Å². The van der Waals surface area contributed by atoms with Gasteiger partial charge >= 0.3 is 5.97 Å². The Labute approximate surface area is 74.5 Å². The third kappa shape index (κ3) is 1.29. The summed E-state index contributed by atoms with van der Waals surface area (Å²) in [4.78, 5) is 10.8. The van der Waals surface area contributed by atoms with Crippen LogP contribution in [-0.4, -0.2) is 5.97 Å². The minimum atomic E-state index is -0.199. The van der Waals surface area contributed by atoms with Gasteiger partial charge in [-0.3, -0.25) is 0 Å². The molecule has 11 heavy (non-hydrogen) atoms. The van der Waals surface area contributed by atoms with Crippen molar-refractivity contribution in [1.29, 1.82) is 0 Å². The van der Waals surface area contributed by atoms with Gasteiger partial charge in [-0.05, 0) is 6.07 Å². The first-order valence-corrected chi connectivity index (χ1v) is 3.13. The smallest absolute Gasteiger partial charge is 0.338 e. The molecule has 0 fully saturated rings. The molecular weight excluding hydrogens is 187 g/mol. The molecule has 2 rings (SSSR count). The molecule has 0 N–H and O–H groups in total. The van der Waals surface area contributed by atoms with Crippen LogP contribution in [0.25, 0.3) is 0 Å². The van der Waals surface area contributed by atoms with Crippen molar-refractivity contribution < 1.29 is 26.0 Å². The third-order valence-corrected chi connectivity index (χ3v) is 1.60. The second-order valence-corrected chi connectivity index (χ2v) is 2.23. The standard InChI is InChI=1S/C8H6O2.Ni/c9-8-7-4-2-1-3-6(7)5-10-8;/h1-4H,5H2;. The number of rotatable bonds is 0. The summed E-state index contributed by atoms with van der Waals surface area (Å²) in [5.41, 5.74) is 1.70. The largest absolute Gasteiger partial charge is 0.457 e. The van der Waals surface area contributed by atoms with Crippen molar-refractivity contribution >= 4 is 5.97 Å². The van der Waals surface area contributed by atoms with Gasteiger partial charge in [0.2, 0.25) is 0 Å². The van der Waals surface area contributed by atoms with Gasteiger partial charge in [0.15, 0.2) is 0 Å². The maximum absolute atomic E-state index is 10.8. The van der Waals surface area contributed by atoms with Gasteiger partial charge in [0.25, 0.3) is 0 Å². The number of fused-ring (bicyclic) bond motifs is 1. The van der Waals surface area contributed by atoms with Gasteiger partial charge in [0.05, 0.1) is 5.56 Å². The summed E-state index contributed by atoms with van der Waals surface area (Å²) < 4.78 is 4.78. The van der Waals surface area contributed by atoms with Crippen LogP contribution in [0.1, 0.15) is 15.9 Å². The molecule has 1 heterocycles. The minimum Gasteiger partial charge on any atom is -0.457 e. The summed E-state index contributed by atoms with van der Waals surface area (Å²) >= 11 is 0. The van der Waals surface area contributed by atoms with E-state index < -0.39 is 0 Å². The molecule has 1 aliphatic rings. The van der Waals surface area contributed by atoms with Crippen molar-refractivity contribution in [2.45, 2.75) is 6.61 Å². The van der Waals surface area contributed by atoms with Crippen LogP contribution in [-0.2, 0) is 27.8 Å². The van der Waals surface area contributed by atoms with E-state index in [4.69, 9.17) is 4.74 Å². The summed E-state index contributed by atoms with van der Waals surface area (Å²) in [6.45, 7) is 0.439. The number of ether oxygens (including phenoxy) is 1. The number of carbonyl (C=O) groups is 1. The molecule has 1 aromatic rings. The molecule has 0 aromatic heterocycles. The zero-order valence-corrected chi connectivity index (χ0v) is 6.64. The maximum Gasteiger partial charge on any atom is 0.338 e. The van der Waals surface area contributed by atoms with E-state index in [0.717, 1.165) is 5.56 Å². The van der Waals surface area contributed by atoms with E-state index in [1.54, 1.807) is 6.07 Å². The first-order valence-electron chi connectivity index (χ1n) is 3.13. The molecule has 1 aromatic carbocycles. The molecule has 0 saturated heterocycles. The van der Waals surface area contributed by atoms with Crippen LogP contribution in [0, 0.1) is 0 Å². The Hall–Kier alpha value is -0.816. The minimum absolute atomic E-state index is 0. The molecule has 0 amide bonds. The van der Waals surface area contributed by atoms with Crippen LogP contribution in [0.2, 0.25) is 0 Å². The van der Waals surface area contributed by atoms with E-state index in [1.165, 1.54) is 0 Å². The van der Waals surface area contributed by atoms with Crippen molar-refractivity contribution in [3.8, 4) is 0 Å². The zero-order chi connectivity index (χ0) is 6.97. The third-order valence-electron chi connectivity index (χ3n) is 1.60. The Morgan fingerprint density at radius 3 is 2.73 bits per heavy atom. The van der Waals surface area contributed by atoms with Crippen molar-refractivity contribution in [2.24, 2.45) is 0 Å². The van der Waals surface area contributed by atoms with Crippen molar-refractivity contribution in [1.82, 2.24) is 0 Å². The fourth-order valence-electron chi connectivity index (χ4n) is 1.07. The SMILES string of the molecule is O=C1OCc2ccccc21.[Ni]. The number of hydrogen-bond acceptors (Lipinski definition) is 2. The molecule has 0 unspecified atom stereocenters. The average molecular weight is 193 g/mol. The van der Waals surface area contributed by atoms with Gasteiger partial charge in [-0.25, -0.2) is 4.79 Å². The molecule has 0 radical (unpaired) electrons. The van der Waals surface area contributed by atoms with E-state index in [9.17, 15) is 4.79 Å². The number of carbonyl (C=O) groups excluding carboxylic acids is 1. The second kappa shape index (κ2) is 3.06. The molecule has 3 heteroatoms. The Bertz CT molecular complexity index is 283. The molecule has 1 aliphatic heterocycles. The quantitative estimate of drug-likeness (QED) is 0.459. The molecule has 0 saturated carbocycles. The van der Waals surface area contributed by atoms with E-state index in [1.807, 2.05) is 18.2 Å². The van der Waals surface area contributed by atoms with E-state index in [0.29, 0.717) is 12.2 Å². The number of benzene rings is 1. The predicted molar refractivity (Wildman–Crippen MR) is 35.6 cm³/mol. The van der Waals surface area contributed by atoms with Gasteiger partial charge in [-0.1, -0.05) is 18.2 Å². The van der Waals surface area contributed by atoms with Gasteiger partial charge in [-0.15, -0.1) is 0 Å². The summed E-state index contributed by atoms with van der Waals surface area (Å²) in [6, 6.07) is 7.43. The zero-order valence-electron chi connectivity index (χ0n) is 5.65. The first kappa shape index (κ1) is 8.28. The van der Waals surface area contributed by atoms with Crippen LogP contribution in [0.3, 0.4) is 0 Å². The predicted octanol–water partition coefficient (Wildman–Crippen LogP) is 1.35.